The van der Waals surface area contributed by atoms with Gasteiger partial charge in [-0.05, 0) is 29.2 Å². The average Bonchev–Trinajstić information content (AvgIpc) is 3.45. The number of ether oxygens (including phenoxy) is 1. The lowest BCUT2D eigenvalue weighted by molar-refractivity contribution is 0.0686. The minimum Gasteiger partial charge on any atom is -0.373 e. The fraction of sp³-hybridized carbons (Fsp3) is 0.308. The molecule has 6 heteroatoms. The average molecular weight is 430 g/mol. The number of hydrogen-bond donors (Lipinski definition) is 1. The van der Waals surface area contributed by atoms with Gasteiger partial charge in [-0.15, -0.1) is 0 Å². The highest BCUT2D eigenvalue weighted by Gasteiger charge is 2.31. The minimum atomic E-state index is -0.168. The molecule has 3 heterocycles. The maximum absolute atomic E-state index is 13.5. The molecule has 1 atom stereocenters. The highest BCUT2D eigenvalue weighted by molar-refractivity contribution is 6.01. The van der Waals surface area contributed by atoms with Crippen molar-refractivity contribution in [1.82, 2.24) is 14.8 Å². The van der Waals surface area contributed by atoms with E-state index in [1.54, 1.807) is 6.07 Å². The van der Waals surface area contributed by atoms with Crippen molar-refractivity contribution < 1.29 is 14.3 Å². The lowest BCUT2D eigenvalue weighted by Crippen LogP contribution is -2.30. The van der Waals surface area contributed by atoms with E-state index in [9.17, 15) is 9.59 Å². The monoisotopic (exact) mass is 429 g/mol. The normalized spacial score (nSPS) is 15.7. The maximum Gasteiger partial charge on any atom is 0.271 e. The number of rotatable bonds is 5. The second kappa shape index (κ2) is 8.63. The third kappa shape index (κ3) is 3.71. The molecule has 1 aromatic heterocycles. The van der Waals surface area contributed by atoms with E-state index in [-0.39, 0.29) is 17.9 Å². The summed E-state index contributed by atoms with van der Waals surface area (Å²) in [6.45, 7) is 4.68. The first-order chi connectivity index (χ1) is 15.7. The quantitative estimate of drug-likeness (QED) is 0.665. The van der Waals surface area contributed by atoms with Crippen LogP contribution in [0.5, 0.6) is 0 Å². The number of hydrogen-bond acceptors (Lipinski definition) is 3. The summed E-state index contributed by atoms with van der Waals surface area (Å²) in [4.78, 5) is 28.6. The molecule has 6 nitrogen and oxygen atoms in total. The molecule has 0 unspecified atom stereocenters. The minimum absolute atomic E-state index is 0.0431. The number of benzene rings is 2. The first-order valence-electron chi connectivity index (χ1n) is 11.2. The van der Waals surface area contributed by atoms with Crippen LogP contribution < -0.4 is 5.32 Å². The molecule has 5 rings (SSSR count). The van der Waals surface area contributed by atoms with Crippen LogP contribution in [0.25, 0.3) is 0 Å². The zero-order valence-electron chi connectivity index (χ0n) is 18.2. The molecule has 0 spiro atoms. The van der Waals surface area contributed by atoms with Crippen LogP contribution in [0.3, 0.4) is 0 Å². The van der Waals surface area contributed by atoms with Crippen LogP contribution in [0.1, 0.15) is 62.6 Å². The summed E-state index contributed by atoms with van der Waals surface area (Å²) in [5.74, 6) is -0.211. The highest BCUT2D eigenvalue weighted by atomic mass is 16.5. The Balaban J connectivity index is 1.42. The van der Waals surface area contributed by atoms with Crippen LogP contribution in [0, 0.1) is 0 Å². The van der Waals surface area contributed by atoms with Gasteiger partial charge in [-0.1, -0.05) is 61.5 Å². The Morgan fingerprint density at radius 3 is 2.41 bits per heavy atom. The van der Waals surface area contributed by atoms with Gasteiger partial charge in [-0.3, -0.25) is 9.59 Å². The number of nitrogens with one attached hydrogen (secondary N) is 1. The van der Waals surface area contributed by atoms with Gasteiger partial charge < -0.3 is 19.5 Å². The van der Waals surface area contributed by atoms with Gasteiger partial charge in [-0.2, -0.15) is 0 Å². The van der Waals surface area contributed by atoms with E-state index in [2.05, 4.69) is 24.4 Å². The van der Waals surface area contributed by atoms with Gasteiger partial charge in [0.15, 0.2) is 0 Å². The molecule has 0 bridgehead atoms. The van der Waals surface area contributed by atoms with E-state index in [0.717, 1.165) is 17.7 Å². The van der Waals surface area contributed by atoms with E-state index in [1.165, 1.54) is 11.1 Å². The van der Waals surface area contributed by atoms with Gasteiger partial charge in [0, 0.05) is 19.6 Å². The van der Waals surface area contributed by atoms with Crippen LogP contribution in [0.2, 0.25) is 0 Å². The fourth-order valence-electron chi connectivity index (χ4n) is 4.68. The van der Waals surface area contributed by atoms with E-state index in [0.29, 0.717) is 44.1 Å². The summed E-state index contributed by atoms with van der Waals surface area (Å²) in [5, 5.41) is 3.15. The van der Waals surface area contributed by atoms with Crippen LogP contribution in [-0.2, 0) is 31.0 Å². The number of fused-ring (bicyclic) bond motifs is 2. The zero-order valence-corrected chi connectivity index (χ0v) is 18.2. The number of carbonyl (C=O) groups is 2. The fourth-order valence-corrected chi connectivity index (χ4v) is 4.68. The lowest BCUT2D eigenvalue weighted by atomic mass is 10.0. The largest absolute Gasteiger partial charge is 0.373 e. The van der Waals surface area contributed by atoms with E-state index in [1.807, 2.05) is 51.9 Å². The topological polar surface area (TPSA) is 63.6 Å². The second-order valence-electron chi connectivity index (χ2n) is 8.37. The Labute approximate surface area is 187 Å². The molecule has 0 radical (unpaired) electrons. The summed E-state index contributed by atoms with van der Waals surface area (Å²) >= 11 is 0. The molecule has 0 fully saturated rings. The van der Waals surface area contributed by atoms with Crippen molar-refractivity contribution in [3.8, 4) is 0 Å². The molecule has 164 valence electrons. The van der Waals surface area contributed by atoms with Gasteiger partial charge in [0.25, 0.3) is 11.8 Å². The summed E-state index contributed by atoms with van der Waals surface area (Å²) in [7, 11) is 0. The van der Waals surface area contributed by atoms with Gasteiger partial charge in [-0.25, -0.2) is 0 Å². The molecule has 32 heavy (non-hydrogen) atoms. The van der Waals surface area contributed by atoms with Crippen molar-refractivity contribution >= 4 is 11.8 Å². The molecule has 2 amide bonds. The molecule has 2 aromatic carbocycles. The van der Waals surface area contributed by atoms with Gasteiger partial charge >= 0.3 is 0 Å². The van der Waals surface area contributed by atoms with Crippen molar-refractivity contribution in [3.63, 3.8) is 0 Å². The molecule has 0 saturated carbocycles. The molecule has 2 aliphatic rings. The Morgan fingerprint density at radius 2 is 1.72 bits per heavy atom. The van der Waals surface area contributed by atoms with E-state index >= 15 is 0 Å². The summed E-state index contributed by atoms with van der Waals surface area (Å²) in [6, 6.07) is 19.8. The van der Waals surface area contributed by atoms with Crippen LogP contribution >= 0.6 is 0 Å². The molecular formula is C26H27N3O3. The Bertz CT molecular complexity index is 1130. The SMILES string of the molecule is CC[C@@H](NC(=O)c1cc(C(=O)N2Cc3ccccc3C2)n2c1COCC2)c1ccccc1. The Morgan fingerprint density at radius 1 is 1.03 bits per heavy atom. The van der Waals surface area contributed by atoms with Gasteiger partial charge in [0.2, 0.25) is 0 Å². The standard InChI is InChI=1S/C26H27N3O3/c1-2-22(18-8-4-3-5-9-18)27-25(30)21-14-23(29-12-13-32-17-24(21)29)26(31)28-15-19-10-6-7-11-20(19)16-28/h3-11,14,22H,2,12-13,15-17H2,1H3,(H,27,30)/t22-/m1/s1. The predicted octanol–water partition coefficient (Wildman–Crippen LogP) is 4.06. The smallest absolute Gasteiger partial charge is 0.271 e. The first kappa shape index (κ1) is 20.5. The number of aromatic nitrogens is 1. The number of amides is 2. The van der Waals surface area contributed by atoms with Crippen LogP contribution in [0.15, 0.2) is 60.7 Å². The van der Waals surface area contributed by atoms with Crippen LogP contribution in [0.4, 0.5) is 0 Å². The van der Waals surface area contributed by atoms with E-state index in [4.69, 9.17) is 4.74 Å². The van der Waals surface area contributed by atoms with Gasteiger partial charge in [0.05, 0.1) is 30.5 Å². The van der Waals surface area contributed by atoms with Crippen molar-refractivity contribution in [3.05, 3.63) is 94.3 Å². The number of carbonyl (C=O) groups excluding carboxylic acids is 2. The maximum atomic E-state index is 13.5. The van der Waals surface area contributed by atoms with Crippen molar-refractivity contribution in [2.24, 2.45) is 0 Å². The zero-order chi connectivity index (χ0) is 22.1. The molecule has 1 N–H and O–H groups in total. The molecular weight excluding hydrogens is 402 g/mol. The third-order valence-corrected chi connectivity index (χ3v) is 6.41. The first-order valence-corrected chi connectivity index (χ1v) is 11.2. The number of nitrogens with zero attached hydrogens (tertiary/aromatic N) is 2. The predicted molar refractivity (Wildman–Crippen MR) is 121 cm³/mol. The molecule has 2 aliphatic heterocycles. The molecule has 0 saturated heterocycles. The highest BCUT2D eigenvalue weighted by Crippen LogP contribution is 2.28. The van der Waals surface area contributed by atoms with Gasteiger partial charge in [0.1, 0.15) is 5.69 Å². The van der Waals surface area contributed by atoms with Crippen LogP contribution in [-0.4, -0.2) is 27.9 Å². The second-order valence-corrected chi connectivity index (χ2v) is 8.37. The Hall–Kier alpha value is -3.38. The van der Waals surface area contributed by atoms with Crippen molar-refractivity contribution in [2.45, 2.75) is 45.6 Å². The molecule has 3 aromatic rings. The van der Waals surface area contributed by atoms with E-state index < -0.39 is 0 Å². The summed E-state index contributed by atoms with van der Waals surface area (Å²) in [5.41, 5.74) is 5.30. The lowest BCUT2D eigenvalue weighted by Gasteiger charge is -2.22. The third-order valence-electron chi connectivity index (χ3n) is 6.41. The molecule has 0 aliphatic carbocycles. The van der Waals surface area contributed by atoms with Crippen molar-refractivity contribution in [2.75, 3.05) is 6.61 Å². The van der Waals surface area contributed by atoms with Crippen molar-refractivity contribution in [1.29, 1.82) is 0 Å². The summed E-state index contributed by atoms with van der Waals surface area (Å²) in [6.07, 6.45) is 0.778. The Kier molecular flexibility index (Phi) is 5.53. The summed E-state index contributed by atoms with van der Waals surface area (Å²) < 4.78 is 7.61.